The van der Waals surface area contributed by atoms with Gasteiger partial charge in [-0.1, -0.05) is 26.0 Å². The van der Waals surface area contributed by atoms with Crippen LogP contribution >= 0.6 is 0 Å². The monoisotopic (exact) mass is 366 g/mol. The largest absolute Gasteiger partial charge is 0.480 e. The van der Waals surface area contributed by atoms with E-state index >= 15 is 0 Å². The van der Waals surface area contributed by atoms with E-state index in [2.05, 4.69) is 10.2 Å². The first-order chi connectivity index (χ1) is 12.9. The van der Waals surface area contributed by atoms with Crippen LogP contribution in [0.5, 0.6) is 0 Å². The minimum absolute atomic E-state index is 0.0622. The first kappa shape index (κ1) is 17.2. The minimum Gasteiger partial charge on any atom is -0.480 e. The van der Waals surface area contributed by atoms with E-state index < -0.39 is 5.97 Å². The smallest absolute Gasteiger partial charge is 0.325 e. The molecule has 4 aromatic rings. The molecule has 6 nitrogen and oxygen atoms in total. The Kier molecular flexibility index (Phi) is 3.95. The van der Waals surface area contributed by atoms with Crippen LogP contribution in [0.1, 0.15) is 25.5 Å². The molecule has 0 aliphatic carbocycles. The Balaban J connectivity index is 2.05. The molecule has 138 valence electrons. The van der Waals surface area contributed by atoms with E-state index in [0.717, 1.165) is 22.0 Å². The zero-order valence-electron chi connectivity index (χ0n) is 15.3. The minimum atomic E-state index is -0.970. The zero-order valence-corrected chi connectivity index (χ0v) is 15.3. The van der Waals surface area contributed by atoms with Gasteiger partial charge in [0.15, 0.2) is 0 Å². The van der Waals surface area contributed by atoms with E-state index in [4.69, 9.17) is 0 Å². The van der Waals surface area contributed by atoms with E-state index in [1.54, 1.807) is 23.0 Å². The number of aliphatic carboxylic acids is 1. The third kappa shape index (κ3) is 2.75. The molecule has 27 heavy (non-hydrogen) atoms. The Morgan fingerprint density at radius 3 is 2.70 bits per heavy atom. The molecule has 0 spiro atoms. The number of carboxylic acid groups (broad SMARTS) is 1. The fraction of sp³-hybridized carbons (Fsp3) is 0.250. The van der Waals surface area contributed by atoms with Crippen LogP contribution in [0.25, 0.3) is 32.9 Å². The summed E-state index contributed by atoms with van der Waals surface area (Å²) in [6, 6.07) is 8.73. The summed E-state index contributed by atoms with van der Waals surface area (Å²) < 4.78 is 18.1. The van der Waals surface area contributed by atoms with E-state index in [0.29, 0.717) is 16.6 Å². The van der Waals surface area contributed by atoms with Crippen molar-refractivity contribution in [1.29, 1.82) is 0 Å². The number of fused-ring (bicyclic) bond motifs is 2. The maximum atomic E-state index is 14.9. The van der Waals surface area contributed by atoms with Gasteiger partial charge in [0.05, 0.1) is 22.9 Å². The summed E-state index contributed by atoms with van der Waals surface area (Å²) in [6.07, 6.45) is 1.63. The standard InChI is InChI=1S/C20H19FN4O2/c1-11(2)20-19-13(5-4-6-16(19)25(23-20)10-18(26)27)14-8-17-12(7-15(14)21)9-22-24(17)3/h4-9,11H,10H2,1-3H3,(H,26,27). The summed E-state index contributed by atoms with van der Waals surface area (Å²) in [5.41, 5.74) is 3.42. The summed E-state index contributed by atoms with van der Waals surface area (Å²) in [5.74, 6) is -1.25. The maximum Gasteiger partial charge on any atom is 0.325 e. The van der Waals surface area contributed by atoms with Crippen molar-refractivity contribution in [3.8, 4) is 11.1 Å². The molecule has 0 amide bonds. The Morgan fingerprint density at radius 2 is 2.00 bits per heavy atom. The van der Waals surface area contributed by atoms with Gasteiger partial charge in [0.2, 0.25) is 0 Å². The molecule has 0 aliphatic heterocycles. The lowest BCUT2D eigenvalue weighted by Crippen LogP contribution is -2.10. The Labute approximate surface area is 154 Å². The number of aromatic nitrogens is 4. The van der Waals surface area contributed by atoms with Gasteiger partial charge in [0.25, 0.3) is 0 Å². The van der Waals surface area contributed by atoms with Crippen LogP contribution in [0.2, 0.25) is 0 Å². The fourth-order valence-electron chi connectivity index (χ4n) is 3.51. The van der Waals surface area contributed by atoms with Gasteiger partial charge in [0.1, 0.15) is 12.4 Å². The molecule has 7 heteroatoms. The van der Waals surface area contributed by atoms with Gasteiger partial charge in [0, 0.05) is 23.4 Å². The van der Waals surface area contributed by atoms with Crippen molar-refractivity contribution in [1.82, 2.24) is 19.6 Å². The number of aryl methyl sites for hydroxylation is 1. The molecule has 0 bridgehead atoms. The first-order valence-electron chi connectivity index (χ1n) is 8.69. The molecule has 0 atom stereocenters. The molecule has 4 rings (SSSR count). The predicted molar refractivity (Wildman–Crippen MR) is 101 cm³/mol. The Bertz CT molecular complexity index is 1190. The molecule has 2 aromatic heterocycles. The second-order valence-electron chi connectivity index (χ2n) is 6.95. The van der Waals surface area contributed by atoms with Gasteiger partial charge in [-0.25, -0.2) is 4.39 Å². The SMILES string of the molecule is CC(C)c1nn(CC(=O)O)c2cccc(-c3cc4c(cnn4C)cc3F)c12. The van der Waals surface area contributed by atoms with E-state index in [1.165, 1.54) is 10.7 Å². The summed E-state index contributed by atoms with van der Waals surface area (Å²) in [4.78, 5) is 11.2. The van der Waals surface area contributed by atoms with Crippen LogP contribution < -0.4 is 0 Å². The molecular weight excluding hydrogens is 347 g/mol. The lowest BCUT2D eigenvalue weighted by Gasteiger charge is -2.09. The molecule has 0 saturated heterocycles. The van der Waals surface area contributed by atoms with Crippen molar-refractivity contribution in [2.75, 3.05) is 0 Å². The van der Waals surface area contributed by atoms with Crippen LogP contribution in [-0.2, 0) is 18.4 Å². The molecular formula is C20H19FN4O2. The molecule has 1 N–H and O–H groups in total. The van der Waals surface area contributed by atoms with Crippen molar-refractivity contribution in [2.45, 2.75) is 26.3 Å². The number of carboxylic acids is 1. The zero-order chi connectivity index (χ0) is 19.3. The molecule has 0 saturated carbocycles. The van der Waals surface area contributed by atoms with Crippen LogP contribution in [0, 0.1) is 5.82 Å². The van der Waals surface area contributed by atoms with Crippen LogP contribution in [-0.4, -0.2) is 30.6 Å². The normalized spacial score (nSPS) is 11.7. The van der Waals surface area contributed by atoms with E-state index in [9.17, 15) is 14.3 Å². The molecule has 2 heterocycles. The number of halogens is 1. The van der Waals surface area contributed by atoms with Gasteiger partial charge in [-0.15, -0.1) is 0 Å². The average molecular weight is 366 g/mol. The number of hydrogen-bond acceptors (Lipinski definition) is 3. The summed E-state index contributed by atoms with van der Waals surface area (Å²) in [5, 5.41) is 19.4. The Hall–Kier alpha value is -3.22. The lowest BCUT2D eigenvalue weighted by atomic mass is 9.95. The topological polar surface area (TPSA) is 72.9 Å². The highest BCUT2D eigenvalue weighted by Gasteiger charge is 2.20. The fourth-order valence-corrected chi connectivity index (χ4v) is 3.51. The molecule has 0 unspecified atom stereocenters. The van der Waals surface area contributed by atoms with Crippen molar-refractivity contribution < 1.29 is 14.3 Å². The average Bonchev–Trinajstić information content (AvgIpc) is 3.15. The number of nitrogens with zero attached hydrogens (tertiary/aromatic N) is 4. The third-order valence-electron chi connectivity index (χ3n) is 4.76. The highest BCUT2D eigenvalue weighted by atomic mass is 19.1. The second-order valence-corrected chi connectivity index (χ2v) is 6.95. The van der Waals surface area contributed by atoms with Gasteiger partial charge in [-0.3, -0.25) is 14.2 Å². The lowest BCUT2D eigenvalue weighted by molar-refractivity contribution is -0.137. The number of hydrogen-bond donors (Lipinski definition) is 1. The highest BCUT2D eigenvalue weighted by molar-refractivity contribution is 5.99. The predicted octanol–water partition coefficient (Wildman–Crippen LogP) is 3.94. The van der Waals surface area contributed by atoms with Crippen molar-refractivity contribution in [3.63, 3.8) is 0 Å². The molecule has 0 fully saturated rings. The van der Waals surface area contributed by atoms with Crippen LogP contribution in [0.3, 0.4) is 0 Å². The molecule has 2 aromatic carbocycles. The maximum absolute atomic E-state index is 14.9. The number of carbonyl (C=O) groups is 1. The quantitative estimate of drug-likeness (QED) is 0.594. The number of rotatable bonds is 4. The van der Waals surface area contributed by atoms with E-state index in [1.807, 2.05) is 33.0 Å². The summed E-state index contributed by atoms with van der Waals surface area (Å²) >= 11 is 0. The van der Waals surface area contributed by atoms with Gasteiger partial charge in [-0.2, -0.15) is 10.2 Å². The third-order valence-corrected chi connectivity index (χ3v) is 4.76. The summed E-state index contributed by atoms with van der Waals surface area (Å²) in [7, 11) is 1.81. The Morgan fingerprint density at radius 1 is 1.22 bits per heavy atom. The van der Waals surface area contributed by atoms with Crippen molar-refractivity contribution in [3.05, 3.63) is 48.0 Å². The van der Waals surface area contributed by atoms with Crippen molar-refractivity contribution in [2.24, 2.45) is 7.05 Å². The summed E-state index contributed by atoms with van der Waals surface area (Å²) in [6.45, 7) is 3.74. The van der Waals surface area contributed by atoms with E-state index in [-0.39, 0.29) is 18.3 Å². The van der Waals surface area contributed by atoms with Crippen LogP contribution in [0.15, 0.2) is 36.5 Å². The molecule has 0 radical (unpaired) electrons. The molecule has 0 aliphatic rings. The van der Waals surface area contributed by atoms with Gasteiger partial charge < -0.3 is 5.11 Å². The highest BCUT2D eigenvalue weighted by Crippen LogP contribution is 2.36. The van der Waals surface area contributed by atoms with Gasteiger partial charge in [-0.05, 0) is 29.7 Å². The number of benzene rings is 2. The van der Waals surface area contributed by atoms with Crippen molar-refractivity contribution >= 4 is 27.8 Å². The van der Waals surface area contributed by atoms with Gasteiger partial charge >= 0.3 is 5.97 Å². The first-order valence-corrected chi connectivity index (χ1v) is 8.69. The van der Waals surface area contributed by atoms with Crippen LogP contribution in [0.4, 0.5) is 4.39 Å². The second kappa shape index (κ2) is 6.19.